The zero-order chi connectivity index (χ0) is 43.5. The van der Waals surface area contributed by atoms with Gasteiger partial charge in [-0.3, -0.25) is 23.4 Å². The van der Waals surface area contributed by atoms with Gasteiger partial charge in [0.2, 0.25) is 0 Å². The van der Waals surface area contributed by atoms with Crippen LogP contribution >= 0.6 is 7.82 Å². The number of aliphatic carboxylic acids is 1. The quantitative estimate of drug-likeness (QED) is 0.0231. The number of carboxylic acid groups (broad SMARTS) is 1. The first-order valence-corrected chi connectivity index (χ1v) is 24.7. The normalized spacial score (nSPS) is 14.1. The van der Waals surface area contributed by atoms with Gasteiger partial charge in [-0.25, -0.2) is 4.57 Å². The maximum Gasteiger partial charge on any atom is 0.472 e. The summed E-state index contributed by atoms with van der Waals surface area (Å²) in [6.07, 6.45) is 47.4. The Kier molecular flexibility index (Phi) is 40.3. The van der Waals surface area contributed by atoms with Crippen LogP contribution in [0.3, 0.4) is 0 Å². The molecule has 0 aliphatic heterocycles. The molecule has 0 fully saturated rings. The highest BCUT2D eigenvalue weighted by Gasteiger charge is 2.28. The standard InChI is InChI=1S/C47H84NO10P/c1-3-5-7-9-11-13-15-17-19-21-22-23-25-27-29-31-33-35-37-39-46(50)58-43(41-56-59(53,54)57-42-44(48)47(51)52)40-55-45(49)38-36-34-32-30-28-26-24-20-18-16-14-12-10-8-6-4-2/h11,13,17,19,22-23,27,29,43-44H,3-10,12,14-16,18,20-21,24-26,28,30-42,48H2,1-2H3,(H,51,52)(H,53,54)/b13-11+,19-17+,23-22+,29-27+/t43-,44+/m1/s1. The Labute approximate surface area is 358 Å². The lowest BCUT2D eigenvalue weighted by atomic mass is 10.0. The lowest BCUT2D eigenvalue weighted by molar-refractivity contribution is -0.161. The van der Waals surface area contributed by atoms with Crippen molar-refractivity contribution in [3.63, 3.8) is 0 Å². The molecule has 0 aromatic rings. The molecule has 0 aromatic carbocycles. The van der Waals surface area contributed by atoms with E-state index in [-0.39, 0.29) is 19.4 Å². The van der Waals surface area contributed by atoms with Gasteiger partial charge < -0.3 is 25.2 Å². The van der Waals surface area contributed by atoms with Crippen LogP contribution in [0, 0.1) is 0 Å². The lowest BCUT2D eigenvalue weighted by Crippen LogP contribution is -2.34. The number of hydrogen-bond donors (Lipinski definition) is 3. The fraction of sp³-hybridized carbons (Fsp3) is 0.766. The number of esters is 2. The Balaban J connectivity index is 4.39. The molecule has 0 saturated carbocycles. The van der Waals surface area contributed by atoms with Gasteiger partial charge in [0.1, 0.15) is 12.6 Å². The molecule has 0 saturated heterocycles. The van der Waals surface area contributed by atoms with Crippen molar-refractivity contribution in [2.24, 2.45) is 5.73 Å². The number of unbranched alkanes of at least 4 members (excludes halogenated alkanes) is 21. The molecule has 0 radical (unpaired) electrons. The second-order valence-electron chi connectivity index (χ2n) is 15.5. The Morgan fingerprint density at radius 1 is 0.525 bits per heavy atom. The number of phosphoric ester groups is 1. The van der Waals surface area contributed by atoms with Crippen molar-refractivity contribution in [3.8, 4) is 0 Å². The molecule has 59 heavy (non-hydrogen) atoms. The van der Waals surface area contributed by atoms with E-state index < -0.39 is 51.1 Å². The molecule has 1 unspecified atom stereocenters. The average Bonchev–Trinajstić information content (AvgIpc) is 3.21. The van der Waals surface area contributed by atoms with Crippen molar-refractivity contribution in [1.29, 1.82) is 0 Å². The molecule has 0 bridgehead atoms. The number of phosphoric acid groups is 1. The van der Waals surface area contributed by atoms with Gasteiger partial charge in [-0.15, -0.1) is 0 Å². The summed E-state index contributed by atoms with van der Waals surface area (Å²) in [4.78, 5) is 46.0. The van der Waals surface area contributed by atoms with Crippen LogP contribution in [-0.2, 0) is 37.5 Å². The van der Waals surface area contributed by atoms with Gasteiger partial charge in [0.05, 0.1) is 13.2 Å². The van der Waals surface area contributed by atoms with Gasteiger partial charge in [0, 0.05) is 12.8 Å². The Hall–Kier alpha value is -2.56. The van der Waals surface area contributed by atoms with Crippen LogP contribution in [0.15, 0.2) is 48.6 Å². The first-order valence-electron chi connectivity index (χ1n) is 23.2. The number of ether oxygens (including phenoxy) is 2. The molecule has 0 aliphatic carbocycles. The highest BCUT2D eigenvalue weighted by Crippen LogP contribution is 2.43. The molecule has 4 N–H and O–H groups in total. The predicted octanol–water partition coefficient (Wildman–Crippen LogP) is 12.6. The smallest absolute Gasteiger partial charge is 0.472 e. The minimum atomic E-state index is -4.73. The second-order valence-corrected chi connectivity index (χ2v) is 17.0. The Morgan fingerprint density at radius 3 is 1.37 bits per heavy atom. The maximum absolute atomic E-state index is 12.6. The first-order chi connectivity index (χ1) is 28.6. The van der Waals surface area contributed by atoms with Crippen LogP contribution in [0.2, 0.25) is 0 Å². The molecule has 342 valence electrons. The van der Waals surface area contributed by atoms with Gasteiger partial charge >= 0.3 is 25.7 Å². The van der Waals surface area contributed by atoms with Gasteiger partial charge in [0.25, 0.3) is 0 Å². The van der Waals surface area contributed by atoms with E-state index in [4.69, 9.17) is 24.8 Å². The van der Waals surface area contributed by atoms with Gasteiger partial charge in [-0.1, -0.05) is 178 Å². The van der Waals surface area contributed by atoms with E-state index in [9.17, 15) is 23.8 Å². The summed E-state index contributed by atoms with van der Waals surface area (Å²) in [6, 6.07) is -1.53. The number of hydrogen-bond acceptors (Lipinski definition) is 9. The summed E-state index contributed by atoms with van der Waals surface area (Å²) in [5.41, 5.74) is 5.34. The lowest BCUT2D eigenvalue weighted by Gasteiger charge is -2.20. The minimum absolute atomic E-state index is 0.124. The summed E-state index contributed by atoms with van der Waals surface area (Å²) < 4.78 is 32.7. The second kappa shape index (κ2) is 42.1. The molecule has 0 aromatic heterocycles. The first kappa shape index (κ1) is 56.4. The van der Waals surface area contributed by atoms with Crippen molar-refractivity contribution in [3.05, 3.63) is 48.6 Å². The number of carbonyl (C=O) groups is 3. The monoisotopic (exact) mass is 854 g/mol. The fourth-order valence-electron chi connectivity index (χ4n) is 6.17. The SMILES string of the molecule is CCCCC/C=C/C/C=C/C/C=C/C/C=C/CCCCCC(=O)O[C@H](COC(=O)CCCCCCCCCCCCCCCCCC)COP(=O)(O)OC[C@H](N)C(=O)O. The number of rotatable bonds is 43. The maximum atomic E-state index is 12.6. The third-order valence-electron chi connectivity index (χ3n) is 9.83. The summed E-state index contributed by atoms with van der Waals surface area (Å²) >= 11 is 0. The van der Waals surface area contributed by atoms with Crippen LogP contribution in [-0.4, -0.2) is 59.9 Å². The van der Waals surface area contributed by atoms with Crippen molar-refractivity contribution in [1.82, 2.24) is 0 Å². The topological polar surface area (TPSA) is 172 Å². The van der Waals surface area contributed by atoms with Crippen LogP contribution in [0.4, 0.5) is 0 Å². The van der Waals surface area contributed by atoms with Crippen molar-refractivity contribution >= 4 is 25.7 Å². The molecule has 11 nitrogen and oxygen atoms in total. The number of nitrogens with two attached hydrogens (primary N) is 1. The average molecular weight is 854 g/mol. The predicted molar refractivity (Wildman–Crippen MR) is 240 cm³/mol. The van der Waals surface area contributed by atoms with Crippen LogP contribution < -0.4 is 5.73 Å². The molecular formula is C47H84NO10P. The van der Waals surface area contributed by atoms with E-state index in [2.05, 4.69) is 67.0 Å². The van der Waals surface area contributed by atoms with E-state index in [1.54, 1.807) is 0 Å². The molecule has 0 heterocycles. The summed E-state index contributed by atoms with van der Waals surface area (Å²) in [5.74, 6) is -2.41. The molecule has 12 heteroatoms. The molecule has 0 aliphatic rings. The van der Waals surface area contributed by atoms with E-state index in [1.165, 1.54) is 103 Å². The number of carboxylic acids is 1. The van der Waals surface area contributed by atoms with Crippen molar-refractivity contribution < 1.29 is 47.5 Å². The fourth-order valence-corrected chi connectivity index (χ4v) is 6.94. The molecule has 0 spiro atoms. The van der Waals surface area contributed by atoms with E-state index in [0.717, 1.165) is 57.8 Å². The third kappa shape index (κ3) is 41.9. The molecule has 0 amide bonds. The molecule has 3 atom stereocenters. The van der Waals surface area contributed by atoms with E-state index in [0.29, 0.717) is 12.8 Å². The van der Waals surface area contributed by atoms with E-state index in [1.807, 2.05) is 0 Å². The highest BCUT2D eigenvalue weighted by molar-refractivity contribution is 7.47. The zero-order valence-corrected chi connectivity index (χ0v) is 38.0. The highest BCUT2D eigenvalue weighted by atomic mass is 31.2. The van der Waals surface area contributed by atoms with Crippen LogP contribution in [0.5, 0.6) is 0 Å². The van der Waals surface area contributed by atoms with E-state index >= 15 is 0 Å². The zero-order valence-electron chi connectivity index (χ0n) is 37.1. The summed E-state index contributed by atoms with van der Waals surface area (Å²) in [7, 11) is -4.73. The van der Waals surface area contributed by atoms with Crippen molar-refractivity contribution in [2.75, 3.05) is 19.8 Å². The van der Waals surface area contributed by atoms with Gasteiger partial charge in [0.15, 0.2) is 6.10 Å². The van der Waals surface area contributed by atoms with Gasteiger partial charge in [-0.05, 0) is 57.8 Å². The van der Waals surface area contributed by atoms with Crippen molar-refractivity contribution in [2.45, 2.75) is 212 Å². The molecular weight excluding hydrogens is 769 g/mol. The van der Waals surface area contributed by atoms with Gasteiger partial charge in [-0.2, -0.15) is 0 Å². The Morgan fingerprint density at radius 2 is 0.898 bits per heavy atom. The number of carbonyl (C=O) groups excluding carboxylic acids is 2. The molecule has 0 rings (SSSR count). The summed E-state index contributed by atoms with van der Waals surface area (Å²) in [6.45, 7) is 2.76. The van der Waals surface area contributed by atoms with Crippen LogP contribution in [0.1, 0.15) is 200 Å². The minimum Gasteiger partial charge on any atom is -0.480 e. The Bertz CT molecular complexity index is 1190. The van der Waals surface area contributed by atoms with Crippen LogP contribution in [0.25, 0.3) is 0 Å². The largest absolute Gasteiger partial charge is 0.480 e. The third-order valence-corrected chi connectivity index (χ3v) is 10.8. The summed E-state index contributed by atoms with van der Waals surface area (Å²) in [5, 5.41) is 8.90. The number of allylic oxidation sites excluding steroid dienone is 8.